The molecule has 3 rings (SSSR count). The van der Waals surface area contributed by atoms with Gasteiger partial charge in [-0.15, -0.1) is 0 Å². The molecule has 0 radical (unpaired) electrons. The molecule has 0 unspecified atom stereocenters. The Morgan fingerprint density at radius 2 is 2.09 bits per heavy atom. The van der Waals surface area contributed by atoms with Crippen molar-refractivity contribution in [3.8, 4) is 0 Å². The summed E-state index contributed by atoms with van der Waals surface area (Å²) in [6.45, 7) is 2.08. The average Bonchev–Trinajstić information content (AvgIpc) is 3.11. The lowest BCUT2D eigenvalue weighted by atomic mass is 10.1. The van der Waals surface area contributed by atoms with Gasteiger partial charge in [0.05, 0.1) is 17.2 Å². The highest BCUT2D eigenvalue weighted by Crippen LogP contribution is 2.22. The molecule has 1 fully saturated rings. The summed E-state index contributed by atoms with van der Waals surface area (Å²) in [5, 5.41) is 3.74. The molecule has 1 aliphatic rings. The molecule has 7 heteroatoms. The van der Waals surface area contributed by atoms with E-state index in [-0.39, 0.29) is 29.2 Å². The largest absolute Gasteiger partial charge is 0.351 e. The molecular weight excluding hydrogens is 316 g/mol. The van der Waals surface area contributed by atoms with Gasteiger partial charge in [-0.1, -0.05) is 35.5 Å². The summed E-state index contributed by atoms with van der Waals surface area (Å²) in [5.74, 6) is -0.0658. The standard InChI is InChI=1S/C16H18N2O4S/c1-12-9-15(22-17-12)16(19)18(10-13-5-3-2-4-6-13)14-7-8-23(20,21)11-14/h2-6,9,14H,7-8,10-11H2,1H3/t14-/m1/s1. The molecule has 1 saturated heterocycles. The van der Waals surface area contributed by atoms with Gasteiger partial charge in [0.25, 0.3) is 5.91 Å². The van der Waals surface area contributed by atoms with Crippen molar-refractivity contribution >= 4 is 15.7 Å². The van der Waals surface area contributed by atoms with Gasteiger partial charge in [-0.25, -0.2) is 8.42 Å². The SMILES string of the molecule is Cc1cc(C(=O)N(Cc2ccccc2)[C@@H]2CCS(=O)(=O)C2)on1. The van der Waals surface area contributed by atoms with Crippen molar-refractivity contribution in [1.29, 1.82) is 0 Å². The number of sulfone groups is 1. The first-order chi connectivity index (χ1) is 10.9. The van der Waals surface area contributed by atoms with Gasteiger partial charge in [0, 0.05) is 18.7 Å². The van der Waals surface area contributed by atoms with Crippen LogP contribution in [0.5, 0.6) is 0 Å². The number of nitrogens with zero attached hydrogens (tertiary/aromatic N) is 2. The van der Waals surface area contributed by atoms with Crippen molar-refractivity contribution in [2.24, 2.45) is 0 Å². The molecule has 0 N–H and O–H groups in total. The Labute approximate surface area is 135 Å². The van der Waals surface area contributed by atoms with Crippen LogP contribution in [0.3, 0.4) is 0 Å². The number of benzene rings is 1. The van der Waals surface area contributed by atoms with Crippen LogP contribution in [0, 0.1) is 6.92 Å². The topological polar surface area (TPSA) is 80.5 Å². The van der Waals surface area contributed by atoms with Crippen LogP contribution in [0.25, 0.3) is 0 Å². The van der Waals surface area contributed by atoms with E-state index in [2.05, 4.69) is 5.16 Å². The van der Waals surface area contributed by atoms with Crippen LogP contribution < -0.4 is 0 Å². The lowest BCUT2D eigenvalue weighted by molar-refractivity contribution is 0.0638. The first kappa shape index (κ1) is 15.7. The molecule has 1 aromatic carbocycles. The summed E-state index contributed by atoms with van der Waals surface area (Å²) in [5.41, 5.74) is 1.56. The molecule has 122 valence electrons. The van der Waals surface area contributed by atoms with Crippen molar-refractivity contribution in [1.82, 2.24) is 10.1 Å². The van der Waals surface area contributed by atoms with E-state index >= 15 is 0 Å². The third-order valence-corrected chi connectivity index (χ3v) is 5.69. The second-order valence-corrected chi connectivity index (χ2v) is 8.04. The maximum atomic E-state index is 12.8. The molecule has 0 spiro atoms. The molecule has 6 nitrogen and oxygen atoms in total. The first-order valence-corrected chi connectivity index (χ1v) is 9.25. The van der Waals surface area contributed by atoms with Crippen LogP contribution in [-0.4, -0.2) is 41.9 Å². The third-order valence-electron chi connectivity index (χ3n) is 3.94. The fraction of sp³-hybridized carbons (Fsp3) is 0.375. The molecule has 1 aliphatic heterocycles. The predicted octanol–water partition coefficient (Wildman–Crippen LogP) is 1.81. The Morgan fingerprint density at radius 3 is 2.65 bits per heavy atom. The van der Waals surface area contributed by atoms with Gasteiger partial charge in [-0.2, -0.15) is 0 Å². The zero-order valence-electron chi connectivity index (χ0n) is 12.8. The van der Waals surface area contributed by atoms with Gasteiger partial charge in [-0.05, 0) is 18.9 Å². The molecule has 0 bridgehead atoms. The summed E-state index contributed by atoms with van der Waals surface area (Å²) in [6.07, 6.45) is 0.452. The minimum absolute atomic E-state index is 0.00130. The van der Waals surface area contributed by atoms with E-state index in [1.165, 1.54) is 0 Å². The van der Waals surface area contributed by atoms with E-state index in [9.17, 15) is 13.2 Å². The van der Waals surface area contributed by atoms with Crippen LogP contribution in [0.1, 0.15) is 28.2 Å². The lowest BCUT2D eigenvalue weighted by Gasteiger charge is -2.27. The molecule has 1 atom stereocenters. The first-order valence-electron chi connectivity index (χ1n) is 7.43. The van der Waals surface area contributed by atoms with E-state index in [0.29, 0.717) is 18.7 Å². The van der Waals surface area contributed by atoms with Crippen molar-refractivity contribution < 1.29 is 17.7 Å². The van der Waals surface area contributed by atoms with Gasteiger partial charge in [-0.3, -0.25) is 4.79 Å². The van der Waals surface area contributed by atoms with E-state index in [4.69, 9.17) is 4.52 Å². The van der Waals surface area contributed by atoms with Crippen molar-refractivity contribution in [2.45, 2.75) is 25.9 Å². The molecule has 0 saturated carbocycles. The quantitative estimate of drug-likeness (QED) is 0.852. The average molecular weight is 334 g/mol. The zero-order valence-corrected chi connectivity index (χ0v) is 13.6. The highest BCUT2D eigenvalue weighted by atomic mass is 32.2. The summed E-state index contributed by atoms with van der Waals surface area (Å²) in [6, 6.07) is 10.7. The van der Waals surface area contributed by atoms with Crippen LogP contribution in [0.2, 0.25) is 0 Å². The number of amides is 1. The Morgan fingerprint density at radius 1 is 1.35 bits per heavy atom. The summed E-state index contributed by atoms with van der Waals surface area (Å²) in [4.78, 5) is 14.3. The normalized spacial score (nSPS) is 19.6. The maximum absolute atomic E-state index is 12.8. The highest BCUT2D eigenvalue weighted by Gasteiger charge is 2.36. The Bertz CT molecular complexity index is 798. The van der Waals surface area contributed by atoms with Crippen LogP contribution in [-0.2, 0) is 16.4 Å². The number of carbonyl (C=O) groups is 1. The third kappa shape index (κ3) is 3.61. The van der Waals surface area contributed by atoms with E-state index in [0.717, 1.165) is 5.56 Å². The fourth-order valence-corrected chi connectivity index (χ4v) is 4.50. The van der Waals surface area contributed by atoms with Crippen LogP contribution >= 0.6 is 0 Å². The highest BCUT2D eigenvalue weighted by molar-refractivity contribution is 7.91. The van der Waals surface area contributed by atoms with Crippen molar-refractivity contribution in [3.63, 3.8) is 0 Å². The molecule has 1 aromatic heterocycles. The number of carbonyl (C=O) groups excluding carboxylic acids is 1. The smallest absolute Gasteiger partial charge is 0.293 e. The maximum Gasteiger partial charge on any atom is 0.293 e. The van der Waals surface area contributed by atoms with E-state index in [1.807, 2.05) is 30.3 Å². The molecular formula is C16H18N2O4S. The number of aromatic nitrogens is 1. The van der Waals surface area contributed by atoms with E-state index in [1.54, 1.807) is 17.9 Å². The monoisotopic (exact) mass is 334 g/mol. The number of hydrogen-bond donors (Lipinski definition) is 0. The van der Waals surface area contributed by atoms with Gasteiger partial charge in [0.2, 0.25) is 5.76 Å². The fourth-order valence-electron chi connectivity index (χ4n) is 2.77. The van der Waals surface area contributed by atoms with Crippen molar-refractivity contribution in [2.75, 3.05) is 11.5 Å². The van der Waals surface area contributed by atoms with Gasteiger partial charge < -0.3 is 9.42 Å². The Hall–Kier alpha value is -2.15. The molecule has 23 heavy (non-hydrogen) atoms. The molecule has 2 heterocycles. The number of aryl methyl sites for hydroxylation is 1. The Kier molecular flexibility index (Phi) is 4.21. The summed E-state index contributed by atoms with van der Waals surface area (Å²) in [7, 11) is -3.08. The van der Waals surface area contributed by atoms with Gasteiger partial charge >= 0.3 is 0 Å². The second-order valence-electron chi connectivity index (χ2n) is 5.81. The summed E-state index contributed by atoms with van der Waals surface area (Å²) < 4.78 is 28.6. The van der Waals surface area contributed by atoms with Crippen LogP contribution in [0.15, 0.2) is 40.9 Å². The predicted molar refractivity (Wildman–Crippen MR) is 84.6 cm³/mol. The van der Waals surface area contributed by atoms with Crippen LogP contribution in [0.4, 0.5) is 0 Å². The van der Waals surface area contributed by atoms with E-state index < -0.39 is 9.84 Å². The van der Waals surface area contributed by atoms with Gasteiger partial charge in [0.1, 0.15) is 0 Å². The zero-order chi connectivity index (χ0) is 16.4. The minimum atomic E-state index is -3.08. The minimum Gasteiger partial charge on any atom is -0.351 e. The second kappa shape index (κ2) is 6.16. The lowest BCUT2D eigenvalue weighted by Crippen LogP contribution is -2.40. The number of hydrogen-bond acceptors (Lipinski definition) is 5. The summed E-state index contributed by atoms with van der Waals surface area (Å²) >= 11 is 0. The molecule has 0 aliphatic carbocycles. The number of rotatable bonds is 4. The molecule has 2 aromatic rings. The van der Waals surface area contributed by atoms with Gasteiger partial charge in [0.15, 0.2) is 9.84 Å². The molecule has 1 amide bonds. The Balaban J connectivity index is 1.88. The van der Waals surface area contributed by atoms with Crippen molar-refractivity contribution in [3.05, 3.63) is 53.4 Å².